The molecule has 7 aromatic carbocycles. The van der Waals surface area contributed by atoms with Gasteiger partial charge in [-0.2, -0.15) is 10.5 Å². The van der Waals surface area contributed by atoms with Gasteiger partial charge in [0.05, 0.1) is 56.7 Å². The minimum absolute atomic E-state index is 0.604. The smallest absolute Gasteiger partial charge is 0.136 e. The van der Waals surface area contributed by atoms with E-state index in [0.717, 1.165) is 88.1 Å². The molecule has 3 aromatic heterocycles. The molecule has 0 atom stereocenters. The Morgan fingerprint density at radius 2 is 0.918 bits per heavy atom. The largest absolute Gasteiger partial charge is 0.456 e. The van der Waals surface area contributed by atoms with Crippen molar-refractivity contribution >= 4 is 65.6 Å². The first-order chi connectivity index (χ1) is 24.2. The van der Waals surface area contributed by atoms with Crippen LogP contribution in [0.3, 0.4) is 0 Å². The van der Waals surface area contributed by atoms with Crippen LogP contribution in [0.4, 0.5) is 0 Å². The van der Waals surface area contributed by atoms with E-state index in [0.29, 0.717) is 11.1 Å². The highest BCUT2D eigenvalue weighted by Crippen LogP contribution is 2.44. The summed E-state index contributed by atoms with van der Waals surface area (Å²) in [5.74, 6) is 0. The molecule has 0 aliphatic rings. The van der Waals surface area contributed by atoms with Gasteiger partial charge in [0.2, 0.25) is 0 Å². The molecule has 0 aliphatic heterocycles. The second-order valence-electron chi connectivity index (χ2n) is 12.3. The zero-order valence-electron chi connectivity index (χ0n) is 26.1. The molecule has 0 saturated carbocycles. The molecular weight excluding hydrogens is 601 g/mol. The van der Waals surface area contributed by atoms with Crippen LogP contribution in [-0.4, -0.2) is 9.13 Å². The summed E-state index contributed by atoms with van der Waals surface area (Å²) in [6.07, 6.45) is 0. The van der Waals surface area contributed by atoms with E-state index in [1.54, 1.807) is 6.07 Å². The first-order valence-corrected chi connectivity index (χ1v) is 16.1. The van der Waals surface area contributed by atoms with E-state index >= 15 is 0 Å². The van der Waals surface area contributed by atoms with Gasteiger partial charge < -0.3 is 13.6 Å². The SMILES string of the molecule is N#Cc1ccc2oc3ccc4c(c5ccccc5n4-c4ccccc4-c4ccccc4-n4c5ccccc5c5cc(C#N)ccc54)c3c2c1. The molecule has 3 heterocycles. The van der Waals surface area contributed by atoms with Gasteiger partial charge in [-0.15, -0.1) is 0 Å². The van der Waals surface area contributed by atoms with Gasteiger partial charge in [0.1, 0.15) is 11.2 Å². The van der Waals surface area contributed by atoms with Crippen LogP contribution in [0.2, 0.25) is 0 Å². The van der Waals surface area contributed by atoms with Gasteiger partial charge in [-0.3, -0.25) is 0 Å². The Morgan fingerprint density at radius 3 is 1.63 bits per heavy atom. The quantitative estimate of drug-likeness (QED) is 0.196. The number of nitrogens with zero attached hydrogens (tertiary/aromatic N) is 4. The number of aromatic nitrogens is 2. The second-order valence-corrected chi connectivity index (χ2v) is 12.3. The lowest BCUT2D eigenvalue weighted by molar-refractivity contribution is 0.669. The van der Waals surface area contributed by atoms with E-state index in [4.69, 9.17) is 4.42 Å². The predicted octanol–water partition coefficient (Wildman–Crippen LogP) is 11.2. The predicted molar refractivity (Wildman–Crippen MR) is 197 cm³/mol. The van der Waals surface area contributed by atoms with Gasteiger partial charge in [0.15, 0.2) is 0 Å². The first kappa shape index (κ1) is 27.1. The normalized spacial score (nSPS) is 11.6. The molecule has 5 nitrogen and oxygen atoms in total. The van der Waals surface area contributed by atoms with Crippen molar-refractivity contribution < 1.29 is 4.42 Å². The third-order valence-electron chi connectivity index (χ3n) is 9.78. The standard InChI is InChI=1S/C44H24N4O/c45-25-27-17-19-39-33(23-27)31-11-3-7-15-37(31)47(39)35-13-5-1-9-29(35)30-10-2-6-14-36(30)48-38-16-8-4-12-32(38)43-40(48)20-22-42-44(43)34-24-28(26-46)18-21-41(34)49-42/h1-24H. The summed E-state index contributed by atoms with van der Waals surface area (Å²) >= 11 is 0. The van der Waals surface area contributed by atoms with E-state index in [1.165, 1.54) is 0 Å². The molecule has 0 radical (unpaired) electrons. The van der Waals surface area contributed by atoms with Crippen molar-refractivity contribution in [3.63, 3.8) is 0 Å². The number of rotatable bonds is 3. The summed E-state index contributed by atoms with van der Waals surface area (Å²) in [6, 6.07) is 54.4. The number of para-hydroxylation sites is 4. The topological polar surface area (TPSA) is 70.6 Å². The molecule has 226 valence electrons. The monoisotopic (exact) mass is 624 g/mol. The highest BCUT2D eigenvalue weighted by molar-refractivity contribution is 6.27. The Balaban J connectivity index is 1.29. The number of fused-ring (bicyclic) bond motifs is 10. The maximum Gasteiger partial charge on any atom is 0.136 e. The Hall–Kier alpha value is -7.08. The number of nitriles is 2. The van der Waals surface area contributed by atoms with Crippen molar-refractivity contribution in [2.45, 2.75) is 0 Å². The van der Waals surface area contributed by atoms with Crippen LogP contribution < -0.4 is 0 Å². The van der Waals surface area contributed by atoms with E-state index in [-0.39, 0.29) is 0 Å². The molecule has 0 fully saturated rings. The van der Waals surface area contributed by atoms with Crippen LogP contribution in [0.15, 0.2) is 150 Å². The molecule has 10 rings (SSSR count). The number of hydrogen-bond donors (Lipinski definition) is 0. The molecule has 5 heteroatoms. The van der Waals surface area contributed by atoms with Crippen LogP contribution >= 0.6 is 0 Å². The minimum atomic E-state index is 0.604. The average molecular weight is 625 g/mol. The average Bonchev–Trinajstić information content (AvgIpc) is 3.81. The Kier molecular flexibility index (Phi) is 5.64. The van der Waals surface area contributed by atoms with Crippen molar-refractivity contribution in [2.24, 2.45) is 0 Å². The maximum absolute atomic E-state index is 9.72. The van der Waals surface area contributed by atoms with Gasteiger partial charge in [0, 0.05) is 43.4 Å². The van der Waals surface area contributed by atoms with Gasteiger partial charge in [-0.25, -0.2) is 0 Å². The third-order valence-corrected chi connectivity index (χ3v) is 9.78. The fraction of sp³-hybridized carbons (Fsp3) is 0. The lowest BCUT2D eigenvalue weighted by Crippen LogP contribution is -2.01. The lowest BCUT2D eigenvalue weighted by atomic mass is 10.0. The van der Waals surface area contributed by atoms with Crippen LogP contribution in [0.1, 0.15) is 11.1 Å². The Morgan fingerprint density at radius 1 is 0.408 bits per heavy atom. The minimum Gasteiger partial charge on any atom is -0.456 e. The van der Waals surface area contributed by atoms with E-state index in [9.17, 15) is 10.5 Å². The van der Waals surface area contributed by atoms with Crippen molar-refractivity contribution in [2.75, 3.05) is 0 Å². The number of furan rings is 1. The van der Waals surface area contributed by atoms with Crippen LogP contribution in [0.5, 0.6) is 0 Å². The fourth-order valence-electron chi connectivity index (χ4n) is 7.75. The summed E-state index contributed by atoms with van der Waals surface area (Å²) in [5.41, 5.74) is 11.4. The fourth-order valence-corrected chi connectivity index (χ4v) is 7.75. The Bertz CT molecular complexity index is 3090. The van der Waals surface area contributed by atoms with E-state index in [2.05, 4.69) is 130 Å². The molecular formula is C44H24N4O. The molecule has 0 bridgehead atoms. The van der Waals surface area contributed by atoms with Crippen LogP contribution in [-0.2, 0) is 0 Å². The zero-order valence-corrected chi connectivity index (χ0v) is 26.1. The summed E-state index contributed by atoms with van der Waals surface area (Å²) in [5, 5.41) is 25.7. The van der Waals surface area contributed by atoms with Gasteiger partial charge >= 0.3 is 0 Å². The number of benzene rings is 7. The molecule has 10 aromatic rings. The van der Waals surface area contributed by atoms with Gasteiger partial charge in [-0.05, 0) is 72.8 Å². The molecule has 0 spiro atoms. The second kappa shape index (κ2) is 10.2. The van der Waals surface area contributed by atoms with Crippen molar-refractivity contribution in [3.8, 4) is 34.6 Å². The molecule has 0 amide bonds. The summed E-state index contributed by atoms with van der Waals surface area (Å²) in [4.78, 5) is 0. The highest BCUT2D eigenvalue weighted by atomic mass is 16.3. The molecule has 0 aliphatic carbocycles. The summed E-state index contributed by atoms with van der Waals surface area (Å²) < 4.78 is 11.0. The van der Waals surface area contributed by atoms with Gasteiger partial charge in [0.25, 0.3) is 0 Å². The highest BCUT2D eigenvalue weighted by Gasteiger charge is 2.22. The summed E-state index contributed by atoms with van der Waals surface area (Å²) in [6.45, 7) is 0. The number of hydrogen-bond acceptors (Lipinski definition) is 3. The lowest BCUT2D eigenvalue weighted by Gasteiger charge is -2.18. The van der Waals surface area contributed by atoms with Crippen LogP contribution in [0.25, 0.3) is 88.1 Å². The van der Waals surface area contributed by atoms with Crippen molar-refractivity contribution in [1.29, 1.82) is 10.5 Å². The maximum atomic E-state index is 9.72. The van der Waals surface area contributed by atoms with Crippen molar-refractivity contribution in [3.05, 3.63) is 157 Å². The van der Waals surface area contributed by atoms with E-state index < -0.39 is 0 Å². The molecule has 0 saturated heterocycles. The molecule has 0 unspecified atom stereocenters. The molecule has 49 heavy (non-hydrogen) atoms. The Labute approximate surface area is 280 Å². The summed E-state index contributed by atoms with van der Waals surface area (Å²) in [7, 11) is 0. The zero-order chi connectivity index (χ0) is 32.6. The van der Waals surface area contributed by atoms with Crippen LogP contribution in [0, 0.1) is 22.7 Å². The third kappa shape index (κ3) is 3.79. The first-order valence-electron chi connectivity index (χ1n) is 16.1. The van der Waals surface area contributed by atoms with E-state index in [1.807, 2.05) is 30.3 Å². The van der Waals surface area contributed by atoms with Crippen molar-refractivity contribution in [1.82, 2.24) is 9.13 Å². The molecule has 0 N–H and O–H groups in total. The van der Waals surface area contributed by atoms with Gasteiger partial charge in [-0.1, -0.05) is 72.8 Å².